The molecule has 5 rings (SSSR count). The second-order valence-electron chi connectivity index (χ2n) is 10.2. The van der Waals surface area contributed by atoms with Crippen LogP contribution in [0, 0.1) is 0 Å². The number of carbonyl (C=O) groups is 2. The topological polar surface area (TPSA) is 124 Å². The van der Waals surface area contributed by atoms with Crippen LogP contribution in [0.3, 0.4) is 0 Å². The SMILES string of the molecule is CCOC(=O)COc1c(Br)cc(/C=c2\sc3n(c2=O)[C@H](c2ccc(OC)c(OC)c2)C(C(=O)OCC)=C(c2ccccc2)N=3)cc1OC. The molecule has 48 heavy (non-hydrogen) atoms. The van der Waals surface area contributed by atoms with E-state index in [4.69, 9.17) is 33.4 Å². The van der Waals surface area contributed by atoms with Gasteiger partial charge in [-0.2, -0.15) is 0 Å². The predicted molar refractivity (Wildman–Crippen MR) is 183 cm³/mol. The van der Waals surface area contributed by atoms with Crippen molar-refractivity contribution in [2.45, 2.75) is 19.9 Å². The van der Waals surface area contributed by atoms with Gasteiger partial charge < -0.3 is 28.4 Å². The lowest BCUT2D eigenvalue weighted by molar-refractivity contribution is -0.145. The summed E-state index contributed by atoms with van der Waals surface area (Å²) in [5.74, 6) is 0.462. The van der Waals surface area contributed by atoms with Crippen molar-refractivity contribution in [1.82, 2.24) is 4.57 Å². The zero-order valence-electron chi connectivity index (χ0n) is 26.9. The molecule has 4 aromatic rings. The quantitative estimate of drug-likeness (QED) is 0.191. The molecule has 0 saturated carbocycles. The van der Waals surface area contributed by atoms with Crippen LogP contribution in [0.5, 0.6) is 23.0 Å². The average molecular weight is 738 g/mol. The lowest BCUT2D eigenvalue weighted by Gasteiger charge is -2.26. The van der Waals surface area contributed by atoms with Crippen molar-refractivity contribution in [3.8, 4) is 23.0 Å². The van der Waals surface area contributed by atoms with Crippen molar-refractivity contribution >= 4 is 51.0 Å². The van der Waals surface area contributed by atoms with Gasteiger partial charge in [-0.15, -0.1) is 0 Å². The molecule has 0 unspecified atom stereocenters. The molecule has 0 spiro atoms. The van der Waals surface area contributed by atoms with Crippen molar-refractivity contribution in [3.05, 3.63) is 107 Å². The third-order valence-corrected chi connectivity index (χ3v) is 8.86. The molecule has 1 atom stereocenters. The first-order chi connectivity index (χ1) is 23.2. The van der Waals surface area contributed by atoms with Crippen LogP contribution in [0.1, 0.15) is 36.6 Å². The van der Waals surface area contributed by atoms with E-state index in [0.717, 1.165) is 0 Å². The van der Waals surface area contributed by atoms with E-state index in [1.165, 1.54) is 37.2 Å². The van der Waals surface area contributed by atoms with E-state index in [-0.39, 0.29) is 31.0 Å². The second-order valence-corrected chi connectivity index (χ2v) is 12.0. The van der Waals surface area contributed by atoms with Crippen LogP contribution in [-0.2, 0) is 19.1 Å². The Hall–Kier alpha value is -4.88. The van der Waals surface area contributed by atoms with E-state index in [9.17, 15) is 14.4 Å². The minimum Gasteiger partial charge on any atom is -0.493 e. The number of hydrogen-bond acceptors (Lipinski definition) is 11. The fourth-order valence-electron chi connectivity index (χ4n) is 5.23. The van der Waals surface area contributed by atoms with E-state index in [1.54, 1.807) is 50.3 Å². The van der Waals surface area contributed by atoms with Crippen LogP contribution >= 0.6 is 27.3 Å². The molecular formula is C35H33BrN2O9S. The summed E-state index contributed by atoms with van der Waals surface area (Å²) < 4.78 is 35.1. The van der Waals surface area contributed by atoms with Crippen molar-refractivity contribution < 1.29 is 38.0 Å². The molecule has 13 heteroatoms. The first-order valence-electron chi connectivity index (χ1n) is 14.9. The number of carbonyl (C=O) groups excluding carboxylic acids is 2. The number of hydrogen-bond donors (Lipinski definition) is 0. The smallest absolute Gasteiger partial charge is 0.344 e. The second kappa shape index (κ2) is 15.3. The van der Waals surface area contributed by atoms with Crippen LogP contribution in [-0.4, -0.2) is 57.7 Å². The van der Waals surface area contributed by atoms with E-state index < -0.39 is 18.0 Å². The Morgan fingerprint density at radius 1 is 0.917 bits per heavy atom. The van der Waals surface area contributed by atoms with Gasteiger partial charge in [-0.3, -0.25) is 9.36 Å². The van der Waals surface area contributed by atoms with Crippen LogP contribution in [0.25, 0.3) is 11.8 Å². The van der Waals surface area contributed by atoms with Crippen molar-refractivity contribution in [1.29, 1.82) is 0 Å². The van der Waals surface area contributed by atoms with Gasteiger partial charge in [-0.05, 0) is 71.2 Å². The summed E-state index contributed by atoms with van der Waals surface area (Å²) >= 11 is 4.68. The molecule has 0 aliphatic carbocycles. The number of methoxy groups -OCH3 is 3. The Kier molecular flexibility index (Phi) is 11.0. The van der Waals surface area contributed by atoms with E-state index in [0.29, 0.717) is 59.2 Å². The number of rotatable bonds is 12. The highest BCUT2D eigenvalue weighted by Crippen LogP contribution is 2.39. The van der Waals surface area contributed by atoms with Gasteiger partial charge in [0, 0.05) is 5.56 Å². The molecule has 1 aliphatic heterocycles. The maximum Gasteiger partial charge on any atom is 0.344 e. The third kappa shape index (κ3) is 7.02. The maximum absolute atomic E-state index is 14.3. The van der Waals surface area contributed by atoms with Gasteiger partial charge in [0.15, 0.2) is 34.4 Å². The highest BCUT2D eigenvalue weighted by molar-refractivity contribution is 9.10. The monoisotopic (exact) mass is 736 g/mol. The van der Waals surface area contributed by atoms with Crippen LogP contribution in [0.4, 0.5) is 0 Å². The minimum absolute atomic E-state index is 0.129. The number of esters is 2. The summed E-state index contributed by atoms with van der Waals surface area (Å²) in [6.07, 6.45) is 1.70. The molecule has 0 radical (unpaired) electrons. The number of thiazole rings is 1. The number of aromatic nitrogens is 1. The normalized spacial score (nSPS) is 14.1. The fraction of sp³-hybridized carbons (Fsp3) is 0.257. The summed E-state index contributed by atoms with van der Waals surface area (Å²) in [5, 5.41) is 0. The molecule has 3 aromatic carbocycles. The Balaban J connectivity index is 1.73. The highest BCUT2D eigenvalue weighted by Gasteiger charge is 2.35. The zero-order chi connectivity index (χ0) is 34.4. The minimum atomic E-state index is -0.905. The largest absolute Gasteiger partial charge is 0.493 e. The van der Waals surface area contributed by atoms with Gasteiger partial charge in [0.2, 0.25) is 0 Å². The van der Waals surface area contributed by atoms with Gasteiger partial charge in [0.05, 0.1) is 60.9 Å². The molecule has 1 aliphatic rings. The van der Waals surface area contributed by atoms with Crippen molar-refractivity contribution in [2.75, 3.05) is 41.2 Å². The molecule has 2 heterocycles. The highest BCUT2D eigenvalue weighted by atomic mass is 79.9. The van der Waals surface area contributed by atoms with E-state index >= 15 is 0 Å². The van der Waals surface area contributed by atoms with Gasteiger partial charge in [-0.25, -0.2) is 14.6 Å². The molecule has 11 nitrogen and oxygen atoms in total. The Bertz CT molecular complexity index is 2050. The van der Waals surface area contributed by atoms with E-state index in [1.807, 2.05) is 30.3 Å². The van der Waals surface area contributed by atoms with Crippen LogP contribution < -0.4 is 33.8 Å². The molecule has 0 fully saturated rings. The Morgan fingerprint density at radius 3 is 2.29 bits per heavy atom. The van der Waals surface area contributed by atoms with Gasteiger partial charge in [0.25, 0.3) is 5.56 Å². The predicted octanol–water partition coefficient (Wildman–Crippen LogP) is 4.67. The fourth-order valence-corrected chi connectivity index (χ4v) is 6.80. The molecule has 0 amide bonds. The summed E-state index contributed by atoms with van der Waals surface area (Å²) in [7, 11) is 4.52. The average Bonchev–Trinajstić information content (AvgIpc) is 3.40. The molecule has 0 N–H and O–H groups in total. The van der Waals surface area contributed by atoms with Crippen molar-refractivity contribution in [3.63, 3.8) is 0 Å². The lowest BCUT2D eigenvalue weighted by atomic mass is 9.93. The number of nitrogens with zero attached hydrogens (tertiary/aromatic N) is 2. The first kappa shape index (κ1) is 34.5. The standard InChI is InChI=1S/C35H33BrN2O9S/c1-6-45-28(39)19-47-32-23(36)15-20(16-26(32)44-5)17-27-33(40)38-31(22-13-14-24(42-3)25(18-22)43-4)29(34(41)46-7-2)30(37-35(38)48-27)21-11-9-8-10-12-21/h8-18,31H,6-7,19H2,1-5H3/b27-17-/t31-/m1/s1. The molecule has 0 bridgehead atoms. The van der Waals surface area contributed by atoms with Crippen LogP contribution in [0.15, 0.2) is 80.5 Å². The first-order valence-corrected chi connectivity index (χ1v) is 16.5. The molecule has 250 valence electrons. The molecule has 1 aromatic heterocycles. The van der Waals surface area contributed by atoms with E-state index in [2.05, 4.69) is 15.9 Å². The number of ether oxygens (including phenoxy) is 6. The number of benzene rings is 3. The number of fused-ring (bicyclic) bond motifs is 1. The summed E-state index contributed by atoms with van der Waals surface area (Å²) in [6.45, 7) is 3.50. The molecular weight excluding hydrogens is 704 g/mol. The van der Waals surface area contributed by atoms with Gasteiger partial charge >= 0.3 is 11.9 Å². The Morgan fingerprint density at radius 2 is 1.62 bits per heavy atom. The lowest BCUT2D eigenvalue weighted by Crippen LogP contribution is -2.40. The maximum atomic E-state index is 14.3. The van der Waals surface area contributed by atoms with Gasteiger partial charge in [-0.1, -0.05) is 47.7 Å². The van der Waals surface area contributed by atoms with Gasteiger partial charge in [0.1, 0.15) is 0 Å². The summed E-state index contributed by atoms with van der Waals surface area (Å²) in [5.41, 5.74) is 2.14. The Labute approximate surface area is 288 Å². The third-order valence-electron chi connectivity index (χ3n) is 7.29. The summed E-state index contributed by atoms with van der Waals surface area (Å²) in [4.78, 5) is 45.2. The van der Waals surface area contributed by atoms with Crippen LogP contribution in [0.2, 0.25) is 0 Å². The summed E-state index contributed by atoms with van der Waals surface area (Å²) in [6, 6.07) is 17.1. The molecule has 0 saturated heterocycles. The zero-order valence-corrected chi connectivity index (χ0v) is 29.3. The van der Waals surface area contributed by atoms with Crippen molar-refractivity contribution in [2.24, 2.45) is 4.99 Å². The number of halogens is 1.